The van der Waals surface area contributed by atoms with Crippen molar-refractivity contribution in [1.29, 1.82) is 0 Å². The minimum absolute atomic E-state index is 0.105. The van der Waals surface area contributed by atoms with Crippen molar-refractivity contribution in [3.8, 4) is 0 Å². The molecule has 6 heteroatoms. The first-order valence-electron chi connectivity index (χ1n) is 4.70. The maximum atomic E-state index is 11.6. The largest absolute Gasteiger partial charge is 0.466 e. The van der Waals surface area contributed by atoms with Crippen LogP contribution in [0.15, 0.2) is 35.5 Å². The van der Waals surface area contributed by atoms with Gasteiger partial charge in [-0.1, -0.05) is 30.3 Å². The number of ether oxygens (including phenoxy) is 2. The molecular formula is C11H11NO5. The molecule has 0 saturated heterocycles. The number of hydrogen-bond donors (Lipinski definition) is 0. The van der Waals surface area contributed by atoms with Gasteiger partial charge in [-0.2, -0.15) is 0 Å². The Kier molecular flexibility index (Phi) is 3.92. The summed E-state index contributed by atoms with van der Waals surface area (Å²) in [5.74, 6) is -2.16. The quantitative estimate of drug-likeness (QED) is 0.443. The standard InChI is InChI=1S/C11H11NO5/c1-16-9(13)11(12-15,10(14)17-2)8-6-4-3-5-7-8/h3-7H,1-2H3. The van der Waals surface area contributed by atoms with Gasteiger partial charge in [-0.15, -0.1) is 4.91 Å². The van der Waals surface area contributed by atoms with Gasteiger partial charge in [0.2, 0.25) is 0 Å². The predicted molar refractivity (Wildman–Crippen MR) is 57.9 cm³/mol. The molecule has 0 unspecified atom stereocenters. The van der Waals surface area contributed by atoms with Crippen LogP contribution in [0.2, 0.25) is 0 Å². The number of nitrogens with zero attached hydrogens (tertiary/aromatic N) is 1. The zero-order valence-corrected chi connectivity index (χ0v) is 9.38. The lowest BCUT2D eigenvalue weighted by molar-refractivity contribution is -0.161. The summed E-state index contributed by atoms with van der Waals surface area (Å²) >= 11 is 0. The smallest absolute Gasteiger partial charge is 0.354 e. The molecule has 0 heterocycles. The van der Waals surface area contributed by atoms with Gasteiger partial charge < -0.3 is 9.47 Å². The van der Waals surface area contributed by atoms with E-state index in [-0.39, 0.29) is 5.56 Å². The van der Waals surface area contributed by atoms with E-state index >= 15 is 0 Å². The molecule has 6 nitrogen and oxygen atoms in total. The van der Waals surface area contributed by atoms with Crippen LogP contribution in [-0.4, -0.2) is 26.2 Å². The molecular weight excluding hydrogens is 226 g/mol. The molecule has 0 saturated carbocycles. The van der Waals surface area contributed by atoms with E-state index in [0.29, 0.717) is 0 Å². The summed E-state index contributed by atoms with van der Waals surface area (Å²) in [5.41, 5.74) is -2.20. The van der Waals surface area contributed by atoms with Gasteiger partial charge in [-0.05, 0) is 5.18 Å². The first kappa shape index (κ1) is 12.8. The molecule has 0 aliphatic carbocycles. The van der Waals surface area contributed by atoms with Crippen LogP contribution in [0.1, 0.15) is 5.56 Å². The minimum Gasteiger partial charge on any atom is -0.466 e. The summed E-state index contributed by atoms with van der Waals surface area (Å²) in [6.45, 7) is 0. The zero-order chi connectivity index (χ0) is 12.9. The van der Waals surface area contributed by atoms with E-state index < -0.39 is 17.5 Å². The van der Waals surface area contributed by atoms with Gasteiger partial charge in [0.15, 0.2) is 0 Å². The van der Waals surface area contributed by atoms with Crippen molar-refractivity contribution >= 4 is 11.9 Å². The summed E-state index contributed by atoms with van der Waals surface area (Å²) in [6, 6.07) is 7.67. The fourth-order valence-electron chi connectivity index (χ4n) is 1.42. The number of nitroso groups, excluding NO2 is 1. The third-order valence-electron chi connectivity index (χ3n) is 2.29. The van der Waals surface area contributed by atoms with Gasteiger partial charge in [0, 0.05) is 5.56 Å². The SMILES string of the molecule is COC(=O)C(N=O)(C(=O)OC)c1ccccc1. The second-order valence-corrected chi connectivity index (χ2v) is 3.15. The van der Waals surface area contributed by atoms with Crippen LogP contribution in [0.3, 0.4) is 0 Å². The van der Waals surface area contributed by atoms with E-state index in [2.05, 4.69) is 14.7 Å². The molecule has 0 spiro atoms. The first-order chi connectivity index (χ1) is 8.13. The highest BCUT2D eigenvalue weighted by Crippen LogP contribution is 2.28. The number of rotatable bonds is 4. The Balaban J connectivity index is 3.42. The van der Waals surface area contributed by atoms with Crippen molar-refractivity contribution < 1.29 is 19.1 Å². The monoisotopic (exact) mass is 237 g/mol. The molecule has 0 fully saturated rings. The predicted octanol–water partition coefficient (Wildman–Crippen LogP) is 0.994. The molecule has 1 aromatic carbocycles. The Morgan fingerprint density at radius 2 is 1.53 bits per heavy atom. The van der Waals surface area contributed by atoms with E-state index in [0.717, 1.165) is 14.2 Å². The van der Waals surface area contributed by atoms with Crippen LogP contribution >= 0.6 is 0 Å². The Morgan fingerprint density at radius 1 is 1.06 bits per heavy atom. The van der Waals surface area contributed by atoms with Gasteiger partial charge in [-0.3, -0.25) is 0 Å². The maximum Gasteiger partial charge on any atom is 0.354 e. The van der Waals surface area contributed by atoms with E-state index in [1.54, 1.807) is 18.2 Å². The summed E-state index contributed by atoms with van der Waals surface area (Å²) in [4.78, 5) is 34.3. The Hall–Kier alpha value is -2.24. The fourth-order valence-corrected chi connectivity index (χ4v) is 1.42. The van der Waals surface area contributed by atoms with Crippen molar-refractivity contribution in [2.45, 2.75) is 5.54 Å². The topological polar surface area (TPSA) is 82.0 Å². The van der Waals surface area contributed by atoms with Crippen molar-refractivity contribution in [2.75, 3.05) is 14.2 Å². The Morgan fingerprint density at radius 3 is 1.88 bits per heavy atom. The summed E-state index contributed by atoms with van der Waals surface area (Å²) in [7, 11) is 2.13. The molecule has 0 aliphatic rings. The molecule has 0 aromatic heterocycles. The lowest BCUT2D eigenvalue weighted by Gasteiger charge is -2.20. The molecule has 0 radical (unpaired) electrons. The number of methoxy groups -OCH3 is 2. The van der Waals surface area contributed by atoms with Gasteiger partial charge in [0.25, 0.3) is 0 Å². The second-order valence-electron chi connectivity index (χ2n) is 3.15. The third-order valence-corrected chi connectivity index (χ3v) is 2.29. The zero-order valence-electron chi connectivity index (χ0n) is 9.38. The number of carbonyl (C=O) groups is 2. The summed E-state index contributed by atoms with van der Waals surface area (Å²) < 4.78 is 8.90. The average molecular weight is 237 g/mol. The van der Waals surface area contributed by atoms with E-state index in [1.807, 2.05) is 0 Å². The molecule has 0 amide bonds. The van der Waals surface area contributed by atoms with Crippen molar-refractivity contribution in [3.63, 3.8) is 0 Å². The average Bonchev–Trinajstić information content (AvgIpc) is 2.40. The second kappa shape index (κ2) is 5.20. The van der Waals surface area contributed by atoms with Crippen LogP contribution in [0.5, 0.6) is 0 Å². The molecule has 0 bridgehead atoms. The number of benzene rings is 1. The summed E-state index contributed by atoms with van der Waals surface area (Å²) in [5, 5.41) is 2.63. The normalized spacial score (nSPS) is 10.5. The number of hydrogen-bond acceptors (Lipinski definition) is 6. The van der Waals surface area contributed by atoms with Crippen LogP contribution in [0.25, 0.3) is 0 Å². The van der Waals surface area contributed by atoms with Crippen LogP contribution in [-0.2, 0) is 24.6 Å². The number of carbonyl (C=O) groups excluding carboxylic acids is 2. The highest BCUT2D eigenvalue weighted by Gasteiger charge is 2.52. The van der Waals surface area contributed by atoms with Gasteiger partial charge in [0.05, 0.1) is 14.2 Å². The third kappa shape index (κ3) is 2.01. The molecule has 0 atom stereocenters. The minimum atomic E-state index is -2.30. The fraction of sp³-hybridized carbons (Fsp3) is 0.273. The molecule has 1 aromatic rings. The Bertz CT molecular complexity index is 413. The lowest BCUT2D eigenvalue weighted by Crippen LogP contribution is -2.43. The highest BCUT2D eigenvalue weighted by molar-refractivity contribution is 6.05. The highest BCUT2D eigenvalue weighted by atomic mass is 16.5. The van der Waals surface area contributed by atoms with Gasteiger partial charge in [-0.25, -0.2) is 9.59 Å². The molecule has 17 heavy (non-hydrogen) atoms. The van der Waals surface area contributed by atoms with E-state index in [4.69, 9.17) is 0 Å². The van der Waals surface area contributed by atoms with Crippen LogP contribution < -0.4 is 0 Å². The first-order valence-corrected chi connectivity index (χ1v) is 4.70. The van der Waals surface area contributed by atoms with Gasteiger partial charge >= 0.3 is 17.5 Å². The molecule has 1 rings (SSSR count). The molecule has 90 valence electrons. The van der Waals surface area contributed by atoms with Gasteiger partial charge in [0.1, 0.15) is 0 Å². The summed E-state index contributed by atoms with van der Waals surface area (Å²) in [6.07, 6.45) is 0. The van der Waals surface area contributed by atoms with Crippen LogP contribution in [0.4, 0.5) is 0 Å². The van der Waals surface area contributed by atoms with Crippen molar-refractivity contribution in [3.05, 3.63) is 40.8 Å². The Labute approximate surface area is 97.5 Å². The van der Waals surface area contributed by atoms with Crippen molar-refractivity contribution in [2.24, 2.45) is 5.18 Å². The molecule has 0 N–H and O–H groups in total. The molecule has 0 aliphatic heterocycles. The maximum absolute atomic E-state index is 11.6. The van der Waals surface area contributed by atoms with E-state index in [9.17, 15) is 14.5 Å². The number of esters is 2. The lowest BCUT2D eigenvalue weighted by atomic mass is 9.91. The van der Waals surface area contributed by atoms with E-state index in [1.165, 1.54) is 12.1 Å². The van der Waals surface area contributed by atoms with Crippen LogP contribution in [0, 0.1) is 4.91 Å². The van der Waals surface area contributed by atoms with Crippen molar-refractivity contribution in [1.82, 2.24) is 0 Å².